The van der Waals surface area contributed by atoms with Crippen molar-refractivity contribution in [3.63, 3.8) is 0 Å². The van der Waals surface area contributed by atoms with Gasteiger partial charge in [0.1, 0.15) is 0 Å². The van der Waals surface area contributed by atoms with Crippen LogP contribution >= 0.6 is 79.4 Å². The third kappa shape index (κ3) is 3.84. The summed E-state index contributed by atoms with van der Waals surface area (Å²) in [7, 11) is 0. The highest BCUT2D eigenvalue weighted by molar-refractivity contribution is 7.30. The van der Waals surface area contributed by atoms with Crippen LogP contribution in [-0.4, -0.2) is 0 Å². The van der Waals surface area contributed by atoms with E-state index in [1.165, 1.54) is 79.4 Å². The molecule has 0 N–H and O–H groups in total. The quantitative estimate of drug-likeness (QED) is 0.183. The van der Waals surface area contributed by atoms with Crippen LogP contribution in [0, 0.1) is 0 Å². The molecule has 0 aliphatic rings. The Morgan fingerprint density at radius 3 is 1.23 bits per heavy atom. The van der Waals surface area contributed by atoms with Crippen molar-refractivity contribution in [3.05, 3.63) is 95.7 Å². The summed E-state index contributed by atoms with van der Waals surface area (Å²) in [5.41, 5.74) is 0. The van der Waals surface area contributed by atoms with Crippen LogP contribution in [0.25, 0.3) is 79.4 Å². The lowest BCUT2D eigenvalue weighted by Crippen LogP contribution is -1.68. The summed E-state index contributed by atoms with van der Waals surface area (Å²) in [6, 6.07) is 32.2. The molecule has 9 aromatic rings. The van der Waals surface area contributed by atoms with Crippen molar-refractivity contribution in [1.82, 2.24) is 0 Å². The first kappa shape index (κ1) is 23.1. The van der Waals surface area contributed by atoms with Gasteiger partial charge in [-0.1, -0.05) is 12.1 Å². The third-order valence-corrected chi connectivity index (χ3v) is 15.0. The van der Waals surface area contributed by atoms with Crippen molar-refractivity contribution < 1.29 is 0 Å². The van der Waals surface area contributed by atoms with Crippen LogP contribution in [0.1, 0.15) is 0 Å². The summed E-state index contributed by atoms with van der Waals surface area (Å²) in [5.74, 6) is 0. The van der Waals surface area contributed by atoms with Crippen LogP contribution in [0.5, 0.6) is 0 Å². The lowest BCUT2D eigenvalue weighted by atomic mass is 10.1. The second-order valence-electron chi connectivity index (χ2n) is 9.38. The summed E-state index contributed by atoms with van der Waals surface area (Å²) in [4.78, 5) is 10.9. The van der Waals surface area contributed by atoms with E-state index in [0.717, 1.165) is 0 Å². The molecule has 0 saturated carbocycles. The Morgan fingerprint density at radius 1 is 0.333 bits per heavy atom. The summed E-state index contributed by atoms with van der Waals surface area (Å²) < 4.78 is 5.51. The second-order valence-corrected chi connectivity index (χ2v) is 16.7. The van der Waals surface area contributed by atoms with Gasteiger partial charge in [-0.3, -0.25) is 0 Å². The minimum atomic E-state index is 1.35. The molecule has 0 nitrogen and oxygen atoms in total. The first-order valence-corrected chi connectivity index (χ1v) is 18.2. The van der Waals surface area contributed by atoms with Gasteiger partial charge in [0, 0.05) is 68.6 Å². The minimum absolute atomic E-state index is 1.35. The average Bonchev–Trinajstić information content (AvgIpc) is 3.78. The Balaban J connectivity index is 1.12. The summed E-state index contributed by atoms with van der Waals surface area (Å²) in [5, 5.41) is 9.75. The van der Waals surface area contributed by atoms with Gasteiger partial charge >= 0.3 is 0 Å². The highest BCUT2D eigenvalue weighted by atomic mass is 32.1. The zero-order chi connectivity index (χ0) is 25.5. The van der Waals surface area contributed by atoms with Crippen LogP contribution in [-0.2, 0) is 0 Å². The van der Waals surface area contributed by atoms with Crippen LogP contribution in [0.3, 0.4) is 0 Å². The molecule has 7 heterocycles. The maximum atomic E-state index is 2.42. The van der Waals surface area contributed by atoms with Gasteiger partial charge in [-0.2, -0.15) is 0 Å². The molecule has 0 spiro atoms. The van der Waals surface area contributed by atoms with Crippen LogP contribution in [0.2, 0.25) is 0 Å². The molecule has 186 valence electrons. The molecule has 0 unspecified atom stereocenters. The van der Waals surface area contributed by atoms with E-state index < -0.39 is 0 Å². The zero-order valence-electron chi connectivity index (χ0n) is 20.1. The number of thiophene rings is 7. The molecule has 0 aliphatic heterocycles. The van der Waals surface area contributed by atoms with Crippen molar-refractivity contribution in [2.45, 2.75) is 0 Å². The third-order valence-electron chi connectivity index (χ3n) is 6.97. The lowest BCUT2D eigenvalue weighted by Gasteiger charge is -1.94. The fourth-order valence-electron chi connectivity index (χ4n) is 5.13. The van der Waals surface area contributed by atoms with E-state index in [2.05, 4.69) is 95.7 Å². The summed E-state index contributed by atoms with van der Waals surface area (Å²) >= 11 is 13.2. The second kappa shape index (κ2) is 8.94. The molecule has 0 fully saturated rings. The van der Waals surface area contributed by atoms with Crippen molar-refractivity contribution in [2.24, 2.45) is 0 Å². The van der Waals surface area contributed by atoms with Gasteiger partial charge in [0.25, 0.3) is 0 Å². The molecule has 0 atom stereocenters. The molecule has 0 aliphatic carbocycles. The predicted molar refractivity (Wildman–Crippen MR) is 183 cm³/mol. The van der Waals surface area contributed by atoms with E-state index in [4.69, 9.17) is 0 Å². The smallest absolute Gasteiger partial charge is 0.0455 e. The SMILES string of the molecule is c1csc(-c2ccc(-c3cc4cc5c(cc4s3)sc3cc4sc(-c6ccc(-c7cccs7)s6)cc4cc35)s2)c1. The molecular weight excluding hydrogens is 609 g/mol. The molecule has 0 bridgehead atoms. The highest BCUT2D eigenvalue weighted by Gasteiger charge is 2.15. The monoisotopic (exact) mass is 624 g/mol. The Labute approximate surface area is 252 Å². The number of rotatable bonds is 4. The number of fused-ring (bicyclic) bond motifs is 5. The van der Waals surface area contributed by atoms with Gasteiger partial charge in [-0.15, -0.1) is 79.4 Å². The highest BCUT2D eigenvalue weighted by Crippen LogP contribution is 2.46. The Kier molecular flexibility index (Phi) is 5.30. The Bertz CT molecular complexity index is 2110. The van der Waals surface area contributed by atoms with E-state index in [0.29, 0.717) is 0 Å². The molecular formula is C32H16S7. The maximum Gasteiger partial charge on any atom is 0.0455 e. The van der Waals surface area contributed by atoms with Gasteiger partial charge in [-0.25, -0.2) is 0 Å². The topological polar surface area (TPSA) is 0 Å². The molecule has 2 aromatic carbocycles. The molecule has 0 amide bonds. The van der Waals surface area contributed by atoms with E-state index in [1.807, 2.05) is 79.4 Å². The molecule has 9 rings (SSSR count). The number of hydrogen-bond donors (Lipinski definition) is 0. The molecule has 39 heavy (non-hydrogen) atoms. The normalized spacial score (nSPS) is 12.1. The van der Waals surface area contributed by atoms with Crippen molar-refractivity contribution >= 4 is 120 Å². The molecule has 7 heteroatoms. The standard InChI is InChI=1S/C32H16S7/c1-3-21(33-9-1)23-5-7-25(35-23)31-13-17-11-19-20-12-18-14-32(26-8-6-24(36-26)22-4-2-10-34-22)38-28(18)16-30(20)39-29(19)15-27(17)37-31/h1-16H. The van der Waals surface area contributed by atoms with Crippen LogP contribution in [0.15, 0.2) is 95.7 Å². The summed E-state index contributed by atoms with van der Waals surface area (Å²) in [6.07, 6.45) is 0. The molecule has 0 radical (unpaired) electrons. The van der Waals surface area contributed by atoms with Crippen molar-refractivity contribution in [2.75, 3.05) is 0 Å². The number of hydrogen-bond acceptors (Lipinski definition) is 7. The van der Waals surface area contributed by atoms with E-state index in [-0.39, 0.29) is 0 Å². The van der Waals surface area contributed by atoms with Gasteiger partial charge < -0.3 is 0 Å². The van der Waals surface area contributed by atoms with Gasteiger partial charge in [0.2, 0.25) is 0 Å². The summed E-state index contributed by atoms with van der Waals surface area (Å²) in [6.45, 7) is 0. The van der Waals surface area contributed by atoms with Crippen LogP contribution in [0.4, 0.5) is 0 Å². The molecule has 0 saturated heterocycles. The van der Waals surface area contributed by atoms with Crippen LogP contribution < -0.4 is 0 Å². The first-order chi connectivity index (χ1) is 19.2. The maximum absolute atomic E-state index is 2.42. The fourth-order valence-corrected chi connectivity index (χ4v) is 12.4. The Morgan fingerprint density at radius 2 is 0.795 bits per heavy atom. The average molecular weight is 625 g/mol. The lowest BCUT2D eigenvalue weighted by molar-refractivity contribution is 1.92. The van der Waals surface area contributed by atoms with Gasteiger partial charge in [0.15, 0.2) is 0 Å². The fraction of sp³-hybridized carbons (Fsp3) is 0. The van der Waals surface area contributed by atoms with E-state index in [9.17, 15) is 0 Å². The van der Waals surface area contributed by atoms with E-state index in [1.54, 1.807) is 0 Å². The first-order valence-electron chi connectivity index (χ1n) is 12.4. The van der Waals surface area contributed by atoms with Gasteiger partial charge in [-0.05, 0) is 94.3 Å². The van der Waals surface area contributed by atoms with Gasteiger partial charge in [0.05, 0.1) is 0 Å². The zero-order valence-corrected chi connectivity index (χ0v) is 25.8. The van der Waals surface area contributed by atoms with E-state index >= 15 is 0 Å². The largest absolute Gasteiger partial charge is 0.143 e. The number of benzene rings is 2. The predicted octanol–water partition coefficient (Wildman–Crippen LogP) is 13.4. The molecule has 7 aromatic heterocycles. The minimum Gasteiger partial charge on any atom is -0.143 e. The van der Waals surface area contributed by atoms with Crippen molar-refractivity contribution in [3.8, 4) is 39.0 Å². The Hall–Kier alpha value is -2.62. The van der Waals surface area contributed by atoms with Crippen molar-refractivity contribution in [1.29, 1.82) is 0 Å².